The van der Waals surface area contributed by atoms with E-state index < -0.39 is 35.6 Å². The van der Waals surface area contributed by atoms with Crippen molar-refractivity contribution in [3.63, 3.8) is 0 Å². The van der Waals surface area contributed by atoms with Crippen LogP contribution in [0.1, 0.15) is 37.0 Å². The topological polar surface area (TPSA) is 123 Å². The normalized spacial score (nSPS) is 17.6. The maximum absolute atomic E-state index is 13.8. The van der Waals surface area contributed by atoms with Crippen molar-refractivity contribution in [3.8, 4) is 5.75 Å². The molecule has 226 valence electrons. The van der Waals surface area contributed by atoms with Crippen LogP contribution in [-0.4, -0.2) is 55.0 Å². The fourth-order valence-corrected chi connectivity index (χ4v) is 4.71. The summed E-state index contributed by atoms with van der Waals surface area (Å²) < 4.78 is 15.9. The number of ether oxygens (including phenoxy) is 3. The molecular formula is C34H38N2O7. The lowest BCUT2D eigenvalue weighted by molar-refractivity contribution is -0.134. The minimum atomic E-state index is -0.938. The van der Waals surface area contributed by atoms with Crippen molar-refractivity contribution in [3.05, 3.63) is 102 Å². The number of ketones is 2. The molecule has 4 rings (SSSR count). The lowest BCUT2D eigenvalue weighted by Gasteiger charge is -2.24. The largest absolute Gasteiger partial charge is 0.497 e. The highest BCUT2D eigenvalue weighted by atomic mass is 16.6. The fourth-order valence-electron chi connectivity index (χ4n) is 4.71. The van der Waals surface area contributed by atoms with Crippen molar-refractivity contribution >= 4 is 23.6 Å². The summed E-state index contributed by atoms with van der Waals surface area (Å²) >= 11 is 0. The predicted octanol–water partition coefficient (Wildman–Crippen LogP) is 4.21. The summed E-state index contributed by atoms with van der Waals surface area (Å²) in [5, 5.41) is 5.48. The lowest BCUT2D eigenvalue weighted by Crippen LogP contribution is -2.50. The Morgan fingerprint density at radius 2 is 1.42 bits per heavy atom. The summed E-state index contributed by atoms with van der Waals surface area (Å²) in [4.78, 5) is 52.8. The van der Waals surface area contributed by atoms with Crippen molar-refractivity contribution in [1.82, 2.24) is 10.6 Å². The number of carbonyl (C=O) groups is 4. The van der Waals surface area contributed by atoms with E-state index in [9.17, 15) is 19.2 Å². The molecule has 3 aromatic rings. The number of hydrogen-bond acceptors (Lipinski definition) is 7. The second kappa shape index (κ2) is 14.6. The minimum Gasteiger partial charge on any atom is -0.497 e. The average Bonchev–Trinajstić information content (AvgIpc) is 3.78. The number of nitrogens with one attached hydrogen (secondary N) is 2. The van der Waals surface area contributed by atoms with Crippen molar-refractivity contribution in [1.29, 1.82) is 0 Å². The molecule has 0 aromatic heterocycles. The number of hydrogen-bond donors (Lipinski definition) is 2. The minimum absolute atomic E-state index is 0.0650. The Morgan fingerprint density at radius 3 is 2.00 bits per heavy atom. The van der Waals surface area contributed by atoms with Crippen LogP contribution >= 0.6 is 0 Å². The van der Waals surface area contributed by atoms with Crippen LogP contribution in [0.5, 0.6) is 5.75 Å². The van der Waals surface area contributed by atoms with Crippen LogP contribution in [0.3, 0.4) is 0 Å². The number of carbonyl (C=O) groups excluding carboxylic acids is 4. The van der Waals surface area contributed by atoms with E-state index in [0.29, 0.717) is 18.8 Å². The monoisotopic (exact) mass is 586 g/mol. The Balaban J connectivity index is 1.45. The molecule has 1 aliphatic heterocycles. The number of methoxy groups -OCH3 is 1. The standard InChI is InChI=1S/C34H38N2O7/c1-23(35-33(40)42-21-26-12-8-5-9-13-26)30(37)20-27(18-25-14-16-28(41-3)17-15-25)32(39)36-29(31(38)34(2)22-43-34)19-24-10-6-4-7-11-24/h4-17,23,27,29H,18-22H2,1-3H3,(H,35,40)(H,36,39)/t23?,27-,29?,34-/m1/s1. The molecule has 1 aliphatic rings. The summed E-state index contributed by atoms with van der Waals surface area (Å²) in [6.45, 7) is 3.63. The van der Waals surface area contributed by atoms with E-state index in [1.54, 1.807) is 33.1 Å². The third kappa shape index (κ3) is 9.24. The van der Waals surface area contributed by atoms with E-state index >= 15 is 0 Å². The van der Waals surface area contributed by atoms with Crippen LogP contribution < -0.4 is 15.4 Å². The van der Waals surface area contributed by atoms with Gasteiger partial charge in [0, 0.05) is 12.3 Å². The number of amides is 2. The molecule has 2 amide bonds. The quantitative estimate of drug-likeness (QED) is 0.256. The second-order valence-corrected chi connectivity index (χ2v) is 11.0. The Hall–Kier alpha value is -4.50. The summed E-state index contributed by atoms with van der Waals surface area (Å²) in [5.74, 6) is -1.12. The number of Topliss-reactive ketones (excluding diaryl/α,β-unsaturated/α-hetero) is 2. The van der Waals surface area contributed by atoms with E-state index in [1.165, 1.54) is 0 Å². The predicted molar refractivity (Wildman–Crippen MR) is 160 cm³/mol. The first-order valence-electron chi connectivity index (χ1n) is 14.3. The van der Waals surface area contributed by atoms with Crippen LogP contribution in [0.2, 0.25) is 0 Å². The number of alkyl carbamates (subject to hydrolysis) is 1. The smallest absolute Gasteiger partial charge is 0.408 e. The Kier molecular flexibility index (Phi) is 10.7. The average molecular weight is 587 g/mol. The molecule has 0 saturated carbocycles. The zero-order valence-electron chi connectivity index (χ0n) is 24.7. The second-order valence-electron chi connectivity index (χ2n) is 11.0. The summed E-state index contributed by atoms with van der Waals surface area (Å²) in [6.07, 6.45) is -0.351. The van der Waals surface area contributed by atoms with Gasteiger partial charge in [-0.3, -0.25) is 14.4 Å². The number of benzene rings is 3. The zero-order chi connectivity index (χ0) is 30.8. The molecule has 9 heteroatoms. The third-order valence-electron chi connectivity index (χ3n) is 7.50. The molecule has 1 fully saturated rings. The molecule has 9 nitrogen and oxygen atoms in total. The molecule has 1 heterocycles. The van der Waals surface area contributed by atoms with Gasteiger partial charge in [-0.15, -0.1) is 0 Å². The first kappa shape index (κ1) is 31.4. The van der Waals surface area contributed by atoms with Gasteiger partial charge in [0.05, 0.1) is 25.8 Å². The van der Waals surface area contributed by atoms with Gasteiger partial charge in [0.1, 0.15) is 18.0 Å². The van der Waals surface area contributed by atoms with Crippen molar-refractivity contribution in [2.75, 3.05) is 13.7 Å². The van der Waals surface area contributed by atoms with Crippen molar-refractivity contribution in [2.24, 2.45) is 5.92 Å². The highest BCUT2D eigenvalue weighted by molar-refractivity contribution is 5.98. The molecule has 43 heavy (non-hydrogen) atoms. The molecule has 2 N–H and O–H groups in total. The molecular weight excluding hydrogens is 548 g/mol. The molecule has 2 unspecified atom stereocenters. The van der Waals surface area contributed by atoms with Gasteiger partial charge in [0.2, 0.25) is 5.91 Å². The molecule has 0 spiro atoms. The van der Waals surface area contributed by atoms with E-state index in [4.69, 9.17) is 14.2 Å². The first-order valence-corrected chi connectivity index (χ1v) is 14.3. The van der Waals surface area contributed by atoms with Gasteiger partial charge >= 0.3 is 6.09 Å². The van der Waals surface area contributed by atoms with Crippen LogP contribution in [0, 0.1) is 5.92 Å². The van der Waals surface area contributed by atoms with Crippen molar-refractivity contribution in [2.45, 2.75) is 57.4 Å². The van der Waals surface area contributed by atoms with Crippen LogP contribution in [0.25, 0.3) is 0 Å². The highest BCUT2D eigenvalue weighted by Crippen LogP contribution is 2.29. The molecule has 3 aromatic carbocycles. The zero-order valence-corrected chi connectivity index (χ0v) is 24.7. The molecule has 0 radical (unpaired) electrons. The Labute approximate surface area is 251 Å². The fraction of sp³-hybridized carbons (Fsp3) is 0.353. The van der Waals surface area contributed by atoms with E-state index in [0.717, 1.165) is 16.7 Å². The number of epoxide rings is 1. The van der Waals surface area contributed by atoms with Crippen LogP contribution in [0.4, 0.5) is 4.79 Å². The summed E-state index contributed by atoms with van der Waals surface area (Å²) in [6, 6.07) is 24.1. The SMILES string of the molecule is COc1ccc(C[C@H](CC(=O)C(C)NC(=O)OCc2ccccc2)C(=O)NC(Cc2ccccc2)C(=O)[C@@]2(C)CO2)cc1. The lowest BCUT2D eigenvalue weighted by atomic mass is 9.90. The van der Waals surface area contributed by atoms with Gasteiger partial charge < -0.3 is 24.8 Å². The highest BCUT2D eigenvalue weighted by Gasteiger charge is 2.50. The van der Waals surface area contributed by atoms with Crippen LogP contribution in [0.15, 0.2) is 84.9 Å². The van der Waals surface area contributed by atoms with Gasteiger partial charge in [-0.25, -0.2) is 4.79 Å². The molecule has 1 saturated heterocycles. The van der Waals surface area contributed by atoms with Crippen molar-refractivity contribution < 1.29 is 33.4 Å². The first-order chi connectivity index (χ1) is 20.7. The number of rotatable bonds is 15. The molecule has 0 bridgehead atoms. The van der Waals surface area contributed by atoms with E-state index in [1.807, 2.05) is 72.8 Å². The summed E-state index contributed by atoms with van der Waals surface area (Å²) in [7, 11) is 1.57. The Bertz CT molecular complexity index is 1390. The molecule has 4 atom stereocenters. The Morgan fingerprint density at radius 1 is 0.837 bits per heavy atom. The van der Waals surface area contributed by atoms with Gasteiger partial charge in [0.15, 0.2) is 11.6 Å². The van der Waals surface area contributed by atoms with Gasteiger partial charge in [-0.1, -0.05) is 72.8 Å². The third-order valence-corrected chi connectivity index (χ3v) is 7.50. The van der Waals surface area contributed by atoms with E-state index in [-0.39, 0.29) is 31.0 Å². The maximum Gasteiger partial charge on any atom is 0.408 e. The van der Waals surface area contributed by atoms with Gasteiger partial charge in [0.25, 0.3) is 0 Å². The summed E-state index contributed by atoms with van der Waals surface area (Å²) in [5.41, 5.74) is 1.59. The van der Waals surface area contributed by atoms with E-state index in [2.05, 4.69) is 10.6 Å². The van der Waals surface area contributed by atoms with Crippen LogP contribution in [-0.2, 0) is 43.3 Å². The molecule has 0 aliphatic carbocycles. The van der Waals surface area contributed by atoms with Gasteiger partial charge in [-0.2, -0.15) is 0 Å². The maximum atomic E-state index is 13.8. The van der Waals surface area contributed by atoms with Gasteiger partial charge in [-0.05, 0) is 55.5 Å².